The molecule has 1 unspecified atom stereocenters. The lowest BCUT2D eigenvalue weighted by Crippen LogP contribution is -2.73. The fourth-order valence-corrected chi connectivity index (χ4v) is 5.73. The van der Waals surface area contributed by atoms with Gasteiger partial charge in [-0.1, -0.05) is 57.0 Å². The van der Waals surface area contributed by atoms with Crippen molar-refractivity contribution in [3.05, 3.63) is 46.7 Å². The Morgan fingerprint density at radius 1 is 1.17 bits per heavy atom. The van der Waals surface area contributed by atoms with Gasteiger partial charge in [-0.3, -0.25) is 14.5 Å². The third-order valence-electron chi connectivity index (χ3n) is 7.44. The van der Waals surface area contributed by atoms with Gasteiger partial charge in [-0.05, 0) is 50.7 Å². The number of piperidine rings is 1. The van der Waals surface area contributed by atoms with Gasteiger partial charge in [0.05, 0.1) is 11.4 Å². The highest BCUT2D eigenvalue weighted by atomic mass is 35.5. The number of nitrogens with zero attached hydrogens (tertiary/aromatic N) is 4. The van der Waals surface area contributed by atoms with Crippen LogP contribution < -0.4 is 5.32 Å². The van der Waals surface area contributed by atoms with E-state index in [9.17, 15) is 9.59 Å². The van der Waals surface area contributed by atoms with E-state index in [-0.39, 0.29) is 11.8 Å². The molecule has 0 radical (unpaired) electrons. The number of hydrogen-bond donors (Lipinski definition) is 1. The van der Waals surface area contributed by atoms with Crippen LogP contribution in [0.15, 0.2) is 30.3 Å². The maximum absolute atomic E-state index is 13.5. The van der Waals surface area contributed by atoms with Crippen molar-refractivity contribution in [2.24, 2.45) is 5.92 Å². The van der Waals surface area contributed by atoms with Crippen LogP contribution in [0.3, 0.4) is 0 Å². The maximum Gasteiger partial charge on any atom is 0.246 e. The second kappa shape index (κ2) is 10.7. The quantitative estimate of drug-likeness (QED) is 0.586. The van der Waals surface area contributed by atoms with Crippen LogP contribution in [0.25, 0.3) is 5.69 Å². The number of hydrogen-bond acceptors (Lipinski definition) is 4. The molecule has 2 aliphatic rings. The lowest BCUT2D eigenvalue weighted by Gasteiger charge is -2.52. The number of rotatable bonds is 8. The number of aromatic nitrogens is 2. The molecule has 0 saturated carbocycles. The predicted octanol–water partition coefficient (Wildman–Crippen LogP) is 4.34. The van der Waals surface area contributed by atoms with Crippen molar-refractivity contribution in [3.63, 3.8) is 0 Å². The molecule has 2 amide bonds. The Bertz CT molecular complexity index is 1040. The van der Waals surface area contributed by atoms with E-state index in [1.54, 1.807) is 4.68 Å². The van der Waals surface area contributed by atoms with Gasteiger partial charge in [0.1, 0.15) is 16.7 Å². The molecule has 1 atom stereocenters. The van der Waals surface area contributed by atoms with Crippen molar-refractivity contribution in [2.75, 3.05) is 19.6 Å². The molecule has 7 nitrogen and oxygen atoms in total. The number of benzene rings is 1. The second-order valence-electron chi connectivity index (χ2n) is 10.4. The molecular weight excluding hydrogens is 462 g/mol. The highest BCUT2D eigenvalue weighted by Gasteiger charge is 2.53. The van der Waals surface area contributed by atoms with E-state index in [2.05, 4.69) is 36.1 Å². The van der Waals surface area contributed by atoms with Crippen LogP contribution in [0.1, 0.15) is 64.1 Å². The molecule has 1 aromatic heterocycles. The van der Waals surface area contributed by atoms with Gasteiger partial charge in [-0.15, -0.1) is 0 Å². The van der Waals surface area contributed by atoms with Crippen LogP contribution in [0, 0.1) is 12.8 Å². The molecule has 2 fully saturated rings. The summed E-state index contributed by atoms with van der Waals surface area (Å²) >= 11 is 6.76. The molecule has 1 spiro atoms. The topological polar surface area (TPSA) is 70.5 Å². The molecule has 0 aliphatic carbocycles. The SMILES string of the molecule is CCCCN1C(=O)C(CC(C)C)NC(=O)C12CCN(Cc1c(C)nn(-c3ccccc3)c1Cl)CC2. The number of halogens is 1. The Morgan fingerprint density at radius 3 is 2.49 bits per heavy atom. The molecule has 2 aliphatic heterocycles. The Morgan fingerprint density at radius 2 is 1.86 bits per heavy atom. The van der Waals surface area contributed by atoms with Gasteiger partial charge in [0.15, 0.2) is 0 Å². The normalized spacial score (nSPS) is 20.6. The van der Waals surface area contributed by atoms with Crippen molar-refractivity contribution in [1.29, 1.82) is 0 Å². The van der Waals surface area contributed by atoms with Crippen molar-refractivity contribution in [1.82, 2.24) is 24.9 Å². The van der Waals surface area contributed by atoms with E-state index in [1.165, 1.54) is 0 Å². The van der Waals surface area contributed by atoms with Crippen molar-refractivity contribution in [2.45, 2.75) is 77.9 Å². The zero-order chi connectivity index (χ0) is 25.2. The number of amides is 2. The molecule has 3 heterocycles. The monoisotopic (exact) mass is 499 g/mol. The van der Waals surface area contributed by atoms with Crippen LogP contribution >= 0.6 is 11.6 Å². The lowest BCUT2D eigenvalue weighted by molar-refractivity contribution is -0.161. The first-order valence-electron chi connectivity index (χ1n) is 12.9. The number of carbonyl (C=O) groups is 2. The highest BCUT2D eigenvalue weighted by molar-refractivity contribution is 6.30. The van der Waals surface area contributed by atoms with Crippen LogP contribution in [0.5, 0.6) is 0 Å². The molecule has 0 bridgehead atoms. The van der Waals surface area contributed by atoms with E-state index < -0.39 is 11.6 Å². The standard InChI is InChI=1S/C27H38ClN5O2/c1-5-6-14-32-25(34)23(17-19(2)3)29-26(35)27(32)12-15-31(16-13-27)18-22-20(4)30-33(24(22)28)21-10-8-7-9-11-21/h7-11,19,23H,5-6,12-18H2,1-4H3,(H,29,35). The summed E-state index contributed by atoms with van der Waals surface area (Å²) < 4.78 is 1.78. The summed E-state index contributed by atoms with van der Waals surface area (Å²) in [6.45, 7) is 11.1. The summed E-state index contributed by atoms with van der Waals surface area (Å²) in [6.07, 6.45) is 3.84. The van der Waals surface area contributed by atoms with Crippen molar-refractivity contribution in [3.8, 4) is 5.69 Å². The summed E-state index contributed by atoms with van der Waals surface area (Å²) in [5.74, 6) is 0.450. The molecule has 1 N–H and O–H groups in total. The second-order valence-corrected chi connectivity index (χ2v) is 10.8. The van der Waals surface area contributed by atoms with Gasteiger partial charge in [0.25, 0.3) is 0 Å². The third kappa shape index (κ3) is 5.12. The number of carbonyl (C=O) groups excluding carboxylic acids is 2. The Hall–Kier alpha value is -2.38. The highest BCUT2D eigenvalue weighted by Crippen LogP contribution is 2.35. The minimum Gasteiger partial charge on any atom is -0.342 e. The first-order valence-corrected chi connectivity index (χ1v) is 13.3. The minimum atomic E-state index is -0.747. The minimum absolute atomic E-state index is 0.0182. The Balaban J connectivity index is 1.49. The summed E-state index contributed by atoms with van der Waals surface area (Å²) in [7, 11) is 0. The van der Waals surface area contributed by atoms with Crippen molar-refractivity contribution < 1.29 is 9.59 Å². The van der Waals surface area contributed by atoms with Crippen LogP contribution in [0.4, 0.5) is 0 Å². The molecule has 2 aromatic rings. The Kier molecular flexibility index (Phi) is 7.86. The zero-order valence-electron chi connectivity index (χ0n) is 21.4. The smallest absolute Gasteiger partial charge is 0.246 e. The van der Waals surface area contributed by atoms with Gasteiger partial charge in [-0.25, -0.2) is 4.68 Å². The Labute approximate surface area is 213 Å². The average Bonchev–Trinajstić information content (AvgIpc) is 3.12. The fourth-order valence-electron chi connectivity index (χ4n) is 5.40. The number of piperazine rings is 1. The zero-order valence-corrected chi connectivity index (χ0v) is 22.1. The maximum atomic E-state index is 13.5. The van der Waals surface area contributed by atoms with E-state index in [0.717, 1.165) is 42.9 Å². The van der Waals surface area contributed by atoms with E-state index in [4.69, 9.17) is 11.6 Å². The molecule has 1 aromatic carbocycles. The molecule has 190 valence electrons. The summed E-state index contributed by atoms with van der Waals surface area (Å²) in [5.41, 5.74) is 2.11. The molecule has 35 heavy (non-hydrogen) atoms. The van der Waals surface area contributed by atoms with Gasteiger partial charge < -0.3 is 10.2 Å². The summed E-state index contributed by atoms with van der Waals surface area (Å²) in [4.78, 5) is 31.2. The molecule has 2 saturated heterocycles. The van der Waals surface area contributed by atoms with E-state index >= 15 is 0 Å². The van der Waals surface area contributed by atoms with Crippen molar-refractivity contribution >= 4 is 23.4 Å². The van der Waals surface area contributed by atoms with Gasteiger partial charge in [0, 0.05) is 31.7 Å². The fraction of sp³-hybridized carbons (Fsp3) is 0.593. The van der Waals surface area contributed by atoms with Crippen LogP contribution in [-0.2, 0) is 16.1 Å². The first-order chi connectivity index (χ1) is 16.8. The molecule has 8 heteroatoms. The largest absolute Gasteiger partial charge is 0.342 e. The average molecular weight is 500 g/mol. The number of aryl methyl sites for hydroxylation is 1. The number of nitrogens with one attached hydrogen (secondary N) is 1. The lowest BCUT2D eigenvalue weighted by atomic mass is 9.80. The number of likely N-dealkylation sites (tertiary alicyclic amines) is 1. The van der Waals surface area contributed by atoms with E-state index in [0.29, 0.717) is 43.4 Å². The number of para-hydroxylation sites is 1. The summed E-state index contributed by atoms with van der Waals surface area (Å²) in [6, 6.07) is 9.48. The van der Waals surface area contributed by atoms with Gasteiger partial charge in [0.2, 0.25) is 11.8 Å². The van der Waals surface area contributed by atoms with Gasteiger partial charge >= 0.3 is 0 Å². The summed E-state index contributed by atoms with van der Waals surface area (Å²) in [5, 5.41) is 8.38. The molecular formula is C27H38ClN5O2. The molecule has 4 rings (SSSR count). The van der Waals surface area contributed by atoms with Crippen LogP contribution in [0.2, 0.25) is 5.15 Å². The first kappa shape index (κ1) is 25.7. The predicted molar refractivity (Wildman–Crippen MR) is 139 cm³/mol. The third-order valence-corrected chi connectivity index (χ3v) is 7.83. The van der Waals surface area contributed by atoms with Crippen LogP contribution in [-0.4, -0.2) is 62.6 Å². The van der Waals surface area contributed by atoms with E-state index in [1.807, 2.05) is 42.2 Å². The van der Waals surface area contributed by atoms with Gasteiger partial charge in [-0.2, -0.15) is 5.10 Å². The number of unbranched alkanes of at least 4 members (excludes halogenated alkanes) is 1.